The summed E-state index contributed by atoms with van der Waals surface area (Å²) in [4.78, 5) is 3.28. The van der Waals surface area contributed by atoms with Crippen molar-refractivity contribution >= 4 is 0 Å². The summed E-state index contributed by atoms with van der Waals surface area (Å²) >= 11 is 0. The van der Waals surface area contributed by atoms with Crippen molar-refractivity contribution in [3.05, 3.63) is 11.4 Å². The smallest absolute Gasteiger partial charge is 0.214 e. The maximum Gasteiger partial charge on any atom is 0.214 e. The van der Waals surface area contributed by atoms with Crippen molar-refractivity contribution in [1.29, 1.82) is 0 Å². The summed E-state index contributed by atoms with van der Waals surface area (Å²) in [5, 5.41) is 0. The fourth-order valence-corrected chi connectivity index (χ4v) is 1.35. The van der Waals surface area contributed by atoms with Gasteiger partial charge in [-0.1, -0.05) is 0 Å². The first-order valence-corrected chi connectivity index (χ1v) is 5.00. The molecule has 0 aromatic heterocycles. The summed E-state index contributed by atoms with van der Waals surface area (Å²) in [6.45, 7) is 8.79. The molecule has 0 bridgehead atoms. The number of rotatable bonds is 5. The highest BCUT2D eigenvalue weighted by atomic mass is 16.7. The van der Waals surface area contributed by atoms with Gasteiger partial charge in [-0.2, -0.15) is 0 Å². The molecule has 0 aromatic rings. The quantitative estimate of drug-likeness (QED) is 0.482. The Labute approximate surface area is 79.8 Å². The van der Waals surface area contributed by atoms with Crippen LogP contribution in [0.25, 0.3) is 4.85 Å². The molecule has 1 fully saturated rings. The van der Waals surface area contributed by atoms with E-state index in [0.29, 0.717) is 6.54 Å². The monoisotopic (exact) mass is 183 g/mol. The Balaban J connectivity index is 1.90. The second-order valence-corrected chi connectivity index (χ2v) is 3.26. The molecule has 0 spiro atoms. The van der Waals surface area contributed by atoms with Crippen LogP contribution in [0.4, 0.5) is 0 Å². The second kappa shape index (κ2) is 6.88. The number of ether oxygens (including phenoxy) is 2. The lowest BCUT2D eigenvalue weighted by Crippen LogP contribution is -2.22. The maximum absolute atomic E-state index is 6.59. The SMILES string of the molecule is [C-]#[N+]CCCCOC1CCCCO1. The highest BCUT2D eigenvalue weighted by Gasteiger charge is 2.13. The van der Waals surface area contributed by atoms with Gasteiger partial charge in [0.1, 0.15) is 0 Å². The van der Waals surface area contributed by atoms with E-state index in [2.05, 4.69) is 4.85 Å². The van der Waals surface area contributed by atoms with Crippen LogP contribution in [0.3, 0.4) is 0 Å². The standard InChI is InChI=1S/C10H17NO2/c1-11-7-3-5-9-13-10-6-2-4-8-12-10/h10H,2-9H2. The average Bonchev–Trinajstić information content (AvgIpc) is 2.19. The average molecular weight is 183 g/mol. The zero-order chi connectivity index (χ0) is 9.36. The lowest BCUT2D eigenvalue weighted by Gasteiger charge is -2.22. The number of hydrogen-bond acceptors (Lipinski definition) is 2. The molecule has 0 saturated carbocycles. The van der Waals surface area contributed by atoms with Crippen LogP contribution in [0, 0.1) is 6.57 Å². The van der Waals surface area contributed by atoms with Crippen LogP contribution < -0.4 is 0 Å². The highest BCUT2D eigenvalue weighted by Crippen LogP contribution is 2.13. The molecule has 0 N–H and O–H groups in total. The zero-order valence-corrected chi connectivity index (χ0v) is 8.00. The molecule has 0 radical (unpaired) electrons. The second-order valence-electron chi connectivity index (χ2n) is 3.26. The summed E-state index contributed by atoms with van der Waals surface area (Å²) in [5.74, 6) is 0. The summed E-state index contributed by atoms with van der Waals surface area (Å²) in [6.07, 6.45) is 5.35. The topological polar surface area (TPSA) is 22.8 Å². The normalized spacial score (nSPS) is 22.5. The number of unbranched alkanes of at least 4 members (excludes halogenated alkanes) is 1. The Kier molecular flexibility index (Phi) is 5.55. The van der Waals surface area contributed by atoms with Gasteiger partial charge in [-0.25, -0.2) is 6.57 Å². The molecular formula is C10H17NO2. The molecule has 3 nitrogen and oxygen atoms in total. The molecular weight excluding hydrogens is 166 g/mol. The van der Waals surface area contributed by atoms with Crippen molar-refractivity contribution in [2.24, 2.45) is 0 Å². The molecule has 3 heteroatoms. The van der Waals surface area contributed by atoms with Crippen LogP contribution in [0.15, 0.2) is 0 Å². The lowest BCUT2D eigenvalue weighted by molar-refractivity contribution is -0.162. The van der Waals surface area contributed by atoms with Gasteiger partial charge in [0.2, 0.25) is 6.54 Å². The molecule has 1 aliphatic rings. The first-order valence-electron chi connectivity index (χ1n) is 5.00. The molecule has 1 saturated heterocycles. The summed E-state index contributed by atoms with van der Waals surface area (Å²) < 4.78 is 10.9. The van der Waals surface area contributed by atoms with Crippen LogP contribution in [0.2, 0.25) is 0 Å². The Morgan fingerprint density at radius 1 is 1.38 bits per heavy atom. The van der Waals surface area contributed by atoms with E-state index in [1.165, 1.54) is 6.42 Å². The minimum atomic E-state index is 0.0293. The molecule has 13 heavy (non-hydrogen) atoms. The van der Waals surface area contributed by atoms with Crippen molar-refractivity contribution in [1.82, 2.24) is 0 Å². The van der Waals surface area contributed by atoms with Gasteiger partial charge in [0.15, 0.2) is 6.29 Å². The van der Waals surface area contributed by atoms with Gasteiger partial charge in [-0.3, -0.25) is 0 Å². The third-order valence-electron chi connectivity index (χ3n) is 2.11. The van der Waals surface area contributed by atoms with Crippen molar-refractivity contribution in [2.45, 2.75) is 38.4 Å². The van der Waals surface area contributed by atoms with E-state index < -0.39 is 0 Å². The third-order valence-corrected chi connectivity index (χ3v) is 2.11. The predicted molar refractivity (Wildman–Crippen MR) is 50.2 cm³/mol. The van der Waals surface area contributed by atoms with E-state index in [0.717, 1.165) is 38.9 Å². The Morgan fingerprint density at radius 2 is 2.31 bits per heavy atom. The van der Waals surface area contributed by atoms with Gasteiger partial charge in [0.05, 0.1) is 6.61 Å². The van der Waals surface area contributed by atoms with E-state index in [1.807, 2.05) is 0 Å². The largest absolute Gasteiger partial charge is 0.353 e. The molecule has 1 heterocycles. The molecule has 0 aromatic carbocycles. The van der Waals surface area contributed by atoms with E-state index in [4.69, 9.17) is 16.0 Å². The number of hydrogen-bond donors (Lipinski definition) is 0. The molecule has 1 unspecified atom stereocenters. The third kappa shape index (κ3) is 4.87. The minimum absolute atomic E-state index is 0.0293. The summed E-state index contributed by atoms with van der Waals surface area (Å²) in [7, 11) is 0. The molecule has 0 aliphatic carbocycles. The van der Waals surface area contributed by atoms with E-state index >= 15 is 0 Å². The zero-order valence-electron chi connectivity index (χ0n) is 8.00. The Hall–Kier alpha value is -0.590. The van der Waals surface area contributed by atoms with Crippen molar-refractivity contribution in [3.8, 4) is 0 Å². The van der Waals surface area contributed by atoms with Gasteiger partial charge in [-0.05, 0) is 25.7 Å². The molecule has 1 atom stereocenters. The van der Waals surface area contributed by atoms with Gasteiger partial charge >= 0.3 is 0 Å². The van der Waals surface area contributed by atoms with E-state index in [-0.39, 0.29) is 6.29 Å². The fraction of sp³-hybridized carbons (Fsp3) is 0.900. The predicted octanol–water partition coefficient (Wildman–Crippen LogP) is 2.23. The Morgan fingerprint density at radius 3 is 3.00 bits per heavy atom. The van der Waals surface area contributed by atoms with Crippen molar-refractivity contribution in [2.75, 3.05) is 19.8 Å². The van der Waals surface area contributed by atoms with Crippen molar-refractivity contribution < 1.29 is 9.47 Å². The summed E-state index contributed by atoms with van der Waals surface area (Å²) in [5.41, 5.74) is 0. The van der Waals surface area contributed by atoms with Gasteiger partial charge in [0, 0.05) is 13.0 Å². The molecule has 74 valence electrons. The molecule has 0 amide bonds. The molecule has 1 rings (SSSR count). The van der Waals surface area contributed by atoms with Crippen LogP contribution in [-0.4, -0.2) is 26.0 Å². The van der Waals surface area contributed by atoms with Crippen molar-refractivity contribution in [3.63, 3.8) is 0 Å². The fourth-order valence-electron chi connectivity index (χ4n) is 1.35. The van der Waals surface area contributed by atoms with Crippen LogP contribution in [0.5, 0.6) is 0 Å². The first kappa shape index (κ1) is 10.5. The Bertz CT molecular complexity index is 159. The number of nitrogens with zero attached hydrogens (tertiary/aromatic N) is 1. The van der Waals surface area contributed by atoms with Gasteiger partial charge < -0.3 is 14.3 Å². The van der Waals surface area contributed by atoms with E-state index in [1.54, 1.807) is 0 Å². The van der Waals surface area contributed by atoms with Crippen LogP contribution in [-0.2, 0) is 9.47 Å². The van der Waals surface area contributed by atoms with Gasteiger partial charge in [-0.15, -0.1) is 0 Å². The summed E-state index contributed by atoms with van der Waals surface area (Å²) in [6, 6.07) is 0. The first-order chi connectivity index (χ1) is 6.43. The van der Waals surface area contributed by atoms with Crippen LogP contribution >= 0.6 is 0 Å². The molecule has 1 aliphatic heterocycles. The highest BCUT2D eigenvalue weighted by molar-refractivity contribution is 4.58. The van der Waals surface area contributed by atoms with Crippen LogP contribution in [0.1, 0.15) is 32.1 Å². The van der Waals surface area contributed by atoms with E-state index in [9.17, 15) is 0 Å². The lowest BCUT2D eigenvalue weighted by atomic mass is 10.2. The van der Waals surface area contributed by atoms with Gasteiger partial charge in [0.25, 0.3) is 0 Å². The maximum atomic E-state index is 6.59. The minimum Gasteiger partial charge on any atom is -0.353 e.